The molecule has 0 aliphatic heterocycles. The molecule has 1 rings (SSSR count). The summed E-state index contributed by atoms with van der Waals surface area (Å²) in [5, 5.41) is 0. The van der Waals surface area contributed by atoms with Crippen LogP contribution in [0.4, 0.5) is 13.2 Å². The Morgan fingerprint density at radius 3 is 2.18 bits per heavy atom. The van der Waals surface area contributed by atoms with E-state index in [-0.39, 0.29) is 0 Å². The second-order valence-electron chi connectivity index (χ2n) is 4.40. The van der Waals surface area contributed by atoms with E-state index in [1.165, 1.54) is 0 Å². The summed E-state index contributed by atoms with van der Waals surface area (Å²) in [7, 11) is 0. The molecule has 0 bridgehead atoms. The minimum Gasteiger partial charge on any atom is -0.323 e. The fourth-order valence-corrected chi connectivity index (χ4v) is 1.84. The van der Waals surface area contributed by atoms with E-state index in [4.69, 9.17) is 5.73 Å². The summed E-state index contributed by atoms with van der Waals surface area (Å²) < 4.78 is 38.2. The van der Waals surface area contributed by atoms with Crippen LogP contribution in [-0.2, 0) is 0 Å². The van der Waals surface area contributed by atoms with Crippen LogP contribution < -0.4 is 5.73 Å². The van der Waals surface area contributed by atoms with E-state index in [0.29, 0.717) is 16.7 Å². The lowest BCUT2D eigenvalue weighted by molar-refractivity contribution is -0.0889. The van der Waals surface area contributed by atoms with Crippen LogP contribution in [0.3, 0.4) is 0 Å². The van der Waals surface area contributed by atoms with Crippen molar-refractivity contribution in [2.45, 2.75) is 26.1 Å². The standard InChI is InChI=1S/C13H16F3N/c1-7(2)10-5-9(13(14,15)16)6-11(8(3)4)12(10)17/h5-6,10,12H,1,3,17H2,2,4H3. The lowest BCUT2D eigenvalue weighted by Crippen LogP contribution is -2.35. The van der Waals surface area contributed by atoms with Crippen LogP contribution in [0.2, 0.25) is 0 Å². The Balaban J connectivity index is 3.27. The highest BCUT2D eigenvalue weighted by Gasteiger charge is 2.37. The number of halogens is 3. The van der Waals surface area contributed by atoms with Gasteiger partial charge in [0.1, 0.15) is 0 Å². The van der Waals surface area contributed by atoms with Crippen LogP contribution >= 0.6 is 0 Å². The molecule has 2 atom stereocenters. The first-order valence-corrected chi connectivity index (χ1v) is 5.22. The molecule has 4 heteroatoms. The zero-order valence-electron chi connectivity index (χ0n) is 9.93. The van der Waals surface area contributed by atoms with Crippen molar-refractivity contribution in [1.29, 1.82) is 0 Å². The van der Waals surface area contributed by atoms with E-state index in [9.17, 15) is 13.2 Å². The second kappa shape index (κ2) is 4.53. The summed E-state index contributed by atoms with van der Waals surface area (Å²) in [6, 6.07) is -0.504. The number of hydrogen-bond donors (Lipinski definition) is 1. The van der Waals surface area contributed by atoms with Crippen molar-refractivity contribution in [3.8, 4) is 0 Å². The van der Waals surface area contributed by atoms with Gasteiger partial charge in [0, 0.05) is 12.0 Å². The largest absolute Gasteiger partial charge is 0.416 e. The van der Waals surface area contributed by atoms with Gasteiger partial charge in [-0.3, -0.25) is 0 Å². The van der Waals surface area contributed by atoms with E-state index in [1.807, 2.05) is 0 Å². The van der Waals surface area contributed by atoms with Gasteiger partial charge in [0.15, 0.2) is 0 Å². The molecule has 0 radical (unpaired) electrons. The quantitative estimate of drug-likeness (QED) is 0.738. The maximum Gasteiger partial charge on any atom is 0.416 e. The molecule has 17 heavy (non-hydrogen) atoms. The number of alkyl halides is 3. The Morgan fingerprint density at radius 2 is 1.82 bits per heavy atom. The van der Waals surface area contributed by atoms with Gasteiger partial charge in [-0.2, -0.15) is 13.2 Å². The normalized spacial score (nSPS) is 25.1. The number of allylic oxidation sites excluding steroid dienone is 2. The molecule has 2 unspecified atom stereocenters. The van der Waals surface area contributed by atoms with Crippen molar-refractivity contribution in [3.63, 3.8) is 0 Å². The minimum atomic E-state index is -4.37. The van der Waals surface area contributed by atoms with Gasteiger partial charge >= 0.3 is 6.18 Å². The van der Waals surface area contributed by atoms with E-state index in [0.717, 1.165) is 12.2 Å². The highest BCUT2D eigenvalue weighted by Crippen LogP contribution is 2.36. The maximum atomic E-state index is 12.7. The molecule has 0 fully saturated rings. The van der Waals surface area contributed by atoms with Gasteiger partial charge in [0.25, 0.3) is 0 Å². The zero-order chi connectivity index (χ0) is 13.4. The topological polar surface area (TPSA) is 26.0 Å². The fourth-order valence-electron chi connectivity index (χ4n) is 1.84. The summed E-state index contributed by atoms with van der Waals surface area (Å²) in [6.07, 6.45) is -2.15. The predicted octanol–water partition coefficient (Wildman–Crippen LogP) is 3.51. The first-order chi connectivity index (χ1) is 7.64. The van der Waals surface area contributed by atoms with Crippen molar-refractivity contribution in [3.05, 3.63) is 47.6 Å². The third kappa shape index (κ3) is 2.88. The molecule has 94 valence electrons. The number of nitrogens with two attached hydrogens (primary N) is 1. The van der Waals surface area contributed by atoms with Crippen LogP contribution in [0.15, 0.2) is 47.6 Å². The minimum absolute atomic E-state index is 0.438. The summed E-state index contributed by atoms with van der Waals surface area (Å²) in [5.74, 6) is -0.497. The van der Waals surface area contributed by atoms with E-state index < -0.39 is 23.7 Å². The molecule has 0 aromatic rings. The molecule has 2 N–H and O–H groups in total. The van der Waals surface area contributed by atoms with Crippen molar-refractivity contribution in [1.82, 2.24) is 0 Å². The van der Waals surface area contributed by atoms with Crippen molar-refractivity contribution < 1.29 is 13.2 Å². The molecule has 1 aliphatic carbocycles. The summed E-state index contributed by atoms with van der Waals surface area (Å²) in [6.45, 7) is 10.7. The maximum absolute atomic E-state index is 12.7. The van der Waals surface area contributed by atoms with E-state index in [2.05, 4.69) is 13.2 Å². The average molecular weight is 243 g/mol. The third-order valence-corrected chi connectivity index (χ3v) is 2.81. The Kier molecular flexibility index (Phi) is 3.67. The highest BCUT2D eigenvalue weighted by atomic mass is 19.4. The smallest absolute Gasteiger partial charge is 0.323 e. The van der Waals surface area contributed by atoms with Crippen LogP contribution in [0.25, 0.3) is 0 Å². The molecule has 0 aromatic heterocycles. The van der Waals surface area contributed by atoms with Crippen LogP contribution in [0.5, 0.6) is 0 Å². The fraction of sp³-hybridized carbons (Fsp3) is 0.385. The Labute approximate surface area is 99.2 Å². The second-order valence-corrected chi connectivity index (χ2v) is 4.40. The first-order valence-electron chi connectivity index (χ1n) is 5.22. The van der Waals surface area contributed by atoms with Gasteiger partial charge in [-0.25, -0.2) is 0 Å². The molecule has 0 amide bonds. The molecule has 0 aromatic carbocycles. The summed E-state index contributed by atoms with van der Waals surface area (Å²) >= 11 is 0. The van der Waals surface area contributed by atoms with Gasteiger partial charge in [-0.15, -0.1) is 0 Å². The predicted molar refractivity (Wildman–Crippen MR) is 63.3 cm³/mol. The van der Waals surface area contributed by atoms with E-state index >= 15 is 0 Å². The number of rotatable bonds is 2. The lowest BCUT2D eigenvalue weighted by Gasteiger charge is -2.30. The van der Waals surface area contributed by atoms with Crippen LogP contribution in [0, 0.1) is 5.92 Å². The molecular formula is C13H16F3N. The third-order valence-electron chi connectivity index (χ3n) is 2.81. The zero-order valence-corrected chi connectivity index (χ0v) is 9.93. The monoisotopic (exact) mass is 243 g/mol. The SMILES string of the molecule is C=C(C)C1=CC(C(F)(F)F)=CC(C(=C)C)C1N. The Morgan fingerprint density at radius 1 is 1.29 bits per heavy atom. The average Bonchev–Trinajstić information content (AvgIpc) is 2.14. The highest BCUT2D eigenvalue weighted by molar-refractivity contribution is 5.46. The van der Waals surface area contributed by atoms with Gasteiger partial charge in [0.05, 0.1) is 5.57 Å². The van der Waals surface area contributed by atoms with Crippen LogP contribution in [-0.4, -0.2) is 12.2 Å². The number of hydrogen-bond acceptors (Lipinski definition) is 1. The Hall–Kier alpha value is -1.29. The molecule has 0 saturated carbocycles. The van der Waals surface area contributed by atoms with Crippen LogP contribution in [0.1, 0.15) is 13.8 Å². The van der Waals surface area contributed by atoms with Crippen molar-refractivity contribution >= 4 is 0 Å². The van der Waals surface area contributed by atoms with Gasteiger partial charge in [0.2, 0.25) is 0 Å². The first kappa shape index (κ1) is 13.8. The van der Waals surface area contributed by atoms with Gasteiger partial charge in [-0.1, -0.05) is 30.4 Å². The molecule has 0 spiro atoms. The van der Waals surface area contributed by atoms with Crippen molar-refractivity contribution in [2.24, 2.45) is 11.7 Å². The molecule has 1 aliphatic rings. The molecular weight excluding hydrogens is 227 g/mol. The lowest BCUT2D eigenvalue weighted by atomic mass is 9.80. The van der Waals surface area contributed by atoms with Crippen molar-refractivity contribution in [2.75, 3.05) is 0 Å². The summed E-state index contributed by atoms with van der Waals surface area (Å²) in [5.41, 5.74) is 6.86. The van der Waals surface area contributed by atoms with E-state index in [1.54, 1.807) is 13.8 Å². The molecule has 0 saturated heterocycles. The van der Waals surface area contributed by atoms with Gasteiger partial charge in [-0.05, 0) is 25.5 Å². The van der Waals surface area contributed by atoms with Gasteiger partial charge < -0.3 is 5.73 Å². The summed E-state index contributed by atoms with van der Waals surface area (Å²) in [4.78, 5) is 0. The molecule has 1 nitrogen and oxygen atoms in total. The Bertz CT molecular complexity index is 413. The molecule has 0 heterocycles.